The highest BCUT2D eigenvalue weighted by atomic mass is 32.1. The lowest BCUT2D eigenvalue weighted by atomic mass is 9.99. The van der Waals surface area contributed by atoms with Crippen molar-refractivity contribution in [2.45, 2.75) is 13.5 Å². The third-order valence-electron chi connectivity index (χ3n) is 3.14. The first-order valence-electron chi connectivity index (χ1n) is 6.63. The summed E-state index contributed by atoms with van der Waals surface area (Å²) in [4.78, 5) is 12.6. The molecular weight excluding hydrogens is 282 g/mol. The second-order valence-corrected chi connectivity index (χ2v) is 5.26. The first kappa shape index (κ1) is 15.2. The molecule has 0 unspecified atom stereocenters. The number of rotatable bonds is 4. The minimum absolute atomic E-state index is 0.326. The summed E-state index contributed by atoms with van der Waals surface area (Å²) < 4.78 is 4.82. The summed E-state index contributed by atoms with van der Waals surface area (Å²) >= 11 is 4.99. The van der Waals surface area contributed by atoms with Crippen LogP contribution in [0.3, 0.4) is 0 Å². The summed E-state index contributed by atoms with van der Waals surface area (Å²) in [6, 6.07) is 15.5. The van der Waals surface area contributed by atoms with Crippen molar-refractivity contribution in [1.82, 2.24) is 5.32 Å². The van der Waals surface area contributed by atoms with E-state index in [2.05, 4.69) is 5.32 Å². The molecule has 0 saturated heterocycles. The molecule has 108 valence electrons. The Labute approximate surface area is 129 Å². The summed E-state index contributed by atoms with van der Waals surface area (Å²) in [5, 5.41) is 3.12. The van der Waals surface area contributed by atoms with Crippen LogP contribution in [0.1, 0.15) is 22.8 Å². The summed E-state index contributed by atoms with van der Waals surface area (Å²) in [7, 11) is 1.39. The molecular formula is C17H17NO2S. The highest BCUT2D eigenvalue weighted by Gasteiger charge is 2.12. The van der Waals surface area contributed by atoms with Gasteiger partial charge in [-0.1, -0.05) is 54.7 Å². The number of benzene rings is 2. The van der Waals surface area contributed by atoms with Crippen LogP contribution in [0, 0.1) is 0 Å². The van der Waals surface area contributed by atoms with Gasteiger partial charge in [-0.25, -0.2) is 4.79 Å². The van der Waals surface area contributed by atoms with E-state index in [-0.39, 0.29) is 5.97 Å². The fourth-order valence-electron chi connectivity index (χ4n) is 2.05. The largest absolute Gasteiger partial charge is 0.465 e. The van der Waals surface area contributed by atoms with Crippen molar-refractivity contribution < 1.29 is 9.53 Å². The van der Waals surface area contributed by atoms with Gasteiger partial charge in [0.25, 0.3) is 0 Å². The first-order valence-corrected chi connectivity index (χ1v) is 7.03. The minimum atomic E-state index is -0.326. The van der Waals surface area contributed by atoms with Gasteiger partial charge < -0.3 is 10.1 Å². The van der Waals surface area contributed by atoms with Crippen LogP contribution in [0.2, 0.25) is 0 Å². The van der Waals surface area contributed by atoms with Gasteiger partial charge in [-0.05, 0) is 29.7 Å². The van der Waals surface area contributed by atoms with Crippen molar-refractivity contribution in [2.75, 3.05) is 7.11 Å². The van der Waals surface area contributed by atoms with Gasteiger partial charge in [0.1, 0.15) is 0 Å². The Balaban J connectivity index is 2.27. The number of methoxy groups -OCH3 is 1. The van der Waals surface area contributed by atoms with E-state index in [1.54, 1.807) is 6.07 Å². The van der Waals surface area contributed by atoms with Crippen LogP contribution in [0.5, 0.6) is 0 Å². The highest BCUT2D eigenvalue weighted by molar-refractivity contribution is 7.80. The van der Waals surface area contributed by atoms with Crippen LogP contribution in [-0.2, 0) is 11.3 Å². The number of hydrogen-bond acceptors (Lipinski definition) is 3. The molecule has 0 fully saturated rings. The van der Waals surface area contributed by atoms with E-state index < -0.39 is 0 Å². The molecule has 0 aliphatic rings. The maximum absolute atomic E-state index is 11.8. The van der Waals surface area contributed by atoms with Gasteiger partial charge in [0.15, 0.2) is 0 Å². The molecule has 0 amide bonds. The molecule has 0 aromatic heterocycles. The summed E-state index contributed by atoms with van der Waals surface area (Å²) in [5.74, 6) is -0.326. The van der Waals surface area contributed by atoms with Gasteiger partial charge in [-0.15, -0.1) is 0 Å². The Hall–Kier alpha value is -2.20. The second kappa shape index (κ2) is 6.99. The van der Waals surface area contributed by atoms with Crippen molar-refractivity contribution in [3.63, 3.8) is 0 Å². The maximum Gasteiger partial charge on any atom is 0.338 e. The lowest BCUT2D eigenvalue weighted by molar-refractivity contribution is 0.0601. The third kappa shape index (κ3) is 3.89. The average molecular weight is 299 g/mol. The Bertz CT molecular complexity index is 650. The van der Waals surface area contributed by atoms with Crippen molar-refractivity contribution >= 4 is 23.2 Å². The minimum Gasteiger partial charge on any atom is -0.465 e. The van der Waals surface area contributed by atoms with Gasteiger partial charge in [-0.3, -0.25) is 0 Å². The molecule has 1 N–H and O–H groups in total. The summed E-state index contributed by atoms with van der Waals surface area (Å²) in [6.45, 7) is 2.56. The number of esters is 1. The Morgan fingerprint density at radius 1 is 1.14 bits per heavy atom. The van der Waals surface area contributed by atoms with E-state index in [0.717, 1.165) is 21.7 Å². The van der Waals surface area contributed by atoms with Crippen molar-refractivity contribution in [1.29, 1.82) is 0 Å². The number of carbonyl (C=O) groups is 1. The normalized spacial score (nSPS) is 10.0. The standard InChI is InChI=1S/C17H17NO2S/c1-12(21)18-11-13-7-9-14(10-8-13)15-5-3-4-6-16(15)17(19)20-2/h3-10H,11H2,1-2H3,(H,18,21). The molecule has 0 atom stereocenters. The lowest BCUT2D eigenvalue weighted by Gasteiger charge is -2.09. The van der Waals surface area contributed by atoms with E-state index in [9.17, 15) is 4.79 Å². The van der Waals surface area contributed by atoms with Crippen LogP contribution < -0.4 is 5.32 Å². The Morgan fingerprint density at radius 3 is 2.43 bits per heavy atom. The van der Waals surface area contributed by atoms with Gasteiger partial charge in [0, 0.05) is 6.54 Å². The third-order valence-corrected chi connectivity index (χ3v) is 3.28. The van der Waals surface area contributed by atoms with E-state index in [0.29, 0.717) is 12.1 Å². The molecule has 0 saturated carbocycles. The van der Waals surface area contributed by atoms with Crippen LogP contribution in [0.4, 0.5) is 0 Å². The maximum atomic E-state index is 11.8. The molecule has 0 radical (unpaired) electrons. The van der Waals surface area contributed by atoms with Crippen molar-refractivity contribution in [2.24, 2.45) is 0 Å². The van der Waals surface area contributed by atoms with E-state index >= 15 is 0 Å². The van der Waals surface area contributed by atoms with Crippen LogP contribution in [0.25, 0.3) is 11.1 Å². The molecule has 0 spiro atoms. The number of thiocarbonyl (C=S) groups is 1. The number of nitrogens with one attached hydrogen (secondary N) is 1. The number of carbonyl (C=O) groups excluding carboxylic acids is 1. The molecule has 0 aliphatic carbocycles. The number of hydrogen-bond donors (Lipinski definition) is 1. The molecule has 2 aromatic rings. The van der Waals surface area contributed by atoms with E-state index in [4.69, 9.17) is 17.0 Å². The SMILES string of the molecule is COC(=O)c1ccccc1-c1ccc(CNC(C)=S)cc1. The van der Waals surface area contributed by atoms with Gasteiger partial charge in [-0.2, -0.15) is 0 Å². The van der Waals surface area contributed by atoms with E-state index in [1.807, 2.05) is 49.4 Å². The molecule has 0 aliphatic heterocycles. The van der Waals surface area contributed by atoms with Crippen molar-refractivity contribution in [3.8, 4) is 11.1 Å². The van der Waals surface area contributed by atoms with E-state index in [1.165, 1.54) is 7.11 Å². The zero-order valence-corrected chi connectivity index (χ0v) is 12.9. The average Bonchev–Trinajstić information content (AvgIpc) is 2.52. The van der Waals surface area contributed by atoms with Crippen LogP contribution in [-0.4, -0.2) is 18.1 Å². The molecule has 0 bridgehead atoms. The zero-order chi connectivity index (χ0) is 15.2. The number of ether oxygens (including phenoxy) is 1. The summed E-state index contributed by atoms with van der Waals surface area (Å²) in [6.07, 6.45) is 0. The Morgan fingerprint density at radius 2 is 1.81 bits per heavy atom. The second-order valence-electron chi connectivity index (χ2n) is 4.64. The molecule has 0 heterocycles. The molecule has 3 nitrogen and oxygen atoms in total. The fourth-order valence-corrected chi connectivity index (χ4v) is 2.12. The molecule has 4 heteroatoms. The van der Waals surface area contributed by atoms with Crippen LogP contribution in [0.15, 0.2) is 48.5 Å². The quantitative estimate of drug-likeness (QED) is 0.692. The predicted octanol–water partition coefficient (Wildman–Crippen LogP) is 3.58. The first-order chi connectivity index (χ1) is 10.1. The predicted molar refractivity (Wildman–Crippen MR) is 88.3 cm³/mol. The van der Waals surface area contributed by atoms with Gasteiger partial charge in [0.05, 0.1) is 17.7 Å². The topological polar surface area (TPSA) is 38.3 Å². The smallest absolute Gasteiger partial charge is 0.338 e. The molecule has 21 heavy (non-hydrogen) atoms. The van der Waals surface area contributed by atoms with Crippen molar-refractivity contribution in [3.05, 3.63) is 59.7 Å². The Kier molecular flexibility index (Phi) is 5.06. The zero-order valence-electron chi connectivity index (χ0n) is 12.1. The summed E-state index contributed by atoms with van der Waals surface area (Å²) in [5.41, 5.74) is 3.56. The van der Waals surface area contributed by atoms with Crippen LogP contribution >= 0.6 is 12.2 Å². The molecule has 2 rings (SSSR count). The van der Waals surface area contributed by atoms with Gasteiger partial charge >= 0.3 is 5.97 Å². The monoisotopic (exact) mass is 299 g/mol. The fraction of sp³-hybridized carbons (Fsp3) is 0.176. The molecule has 2 aromatic carbocycles. The lowest BCUT2D eigenvalue weighted by Crippen LogP contribution is -2.16. The van der Waals surface area contributed by atoms with Gasteiger partial charge in [0.2, 0.25) is 0 Å². The highest BCUT2D eigenvalue weighted by Crippen LogP contribution is 2.24.